The molecule has 2 amide bonds. The van der Waals surface area contributed by atoms with Gasteiger partial charge < -0.3 is 15.0 Å². The summed E-state index contributed by atoms with van der Waals surface area (Å²) in [5.41, 5.74) is 1.79. The summed E-state index contributed by atoms with van der Waals surface area (Å²) in [5, 5.41) is 3.01. The third-order valence-corrected chi connectivity index (χ3v) is 4.63. The third kappa shape index (κ3) is 3.10. The molecule has 27 heavy (non-hydrogen) atoms. The molecule has 0 spiro atoms. The minimum atomic E-state index is -0.245. The van der Waals surface area contributed by atoms with Gasteiger partial charge in [0.05, 0.1) is 17.4 Å². The first-order valence-electron chi connectivity index (χ1n) is 8.70. The Morgan fingerprint density at radius 2 is 2.26 bits per heavy atom. The van der Waals surface area contributed by atoms with Crippen molar-refractivity contribution < 1.29 is 14.3 Å². The van der Waals surface area contributed by atoms with Gasteiger partial charge in [0.25, 0.3) is 11.8 Å². The number of carbonyl (C=O) groups excluding carboxylic acids is 2. The van der Waals surface area contributed by atoms with Crippen LogP contribution in [0.15, 0.2) is 42.9 Å². The zero-order chi connectivity index (χ0) is 19.0. The van der Waals surface area contributed by atoms with Crippen LogP contribution < -0.4 is 15.0 Å². The number of hydrogen-bond acceptors (Lipinski definition) is 5. The zero-order valence-corrected chi connectivity index (χ0v) is 15.0. The summed E-state index contributed by atoms with van der Waals surface area (Å²) in [4.78, 5) is 34.8. The second-order valence-corrected chi connectivity index (χ2v) is 6.35. The molecule has 0 aliphatic carbocycles. The Bertz CT molecular complexity index is 996. The summed E-state index contributed by atoms with van der Waals surface area (Å²) in [6.45, 7) is 1.99. The number of benzene rings is 1. The highest BCUT2D eigenvalue weighted by Gasteiger charge is 2.24. The summed E-state index contributed by atoms with van der Waals surface area (Å²) in [7, 11) is 1.67. The maximum absolute atomic E-state index is 12.8. The zero-order valence-electron chi connectivity index (χ0n) is 15.0. The van der Waals surface area contributed by atoms with Crippen molar-refractivity contribution in [3.05, 3.63) is 54.1 Å². The second kappa shape index (κ2) is 6.71. The molecule has 1 aromatic carbocycles. The van der Waals surface area contributed by atoms with Gasteiger partial charge in [0.15, 0.2) is 6.61 Å². The molecule has 138 valence electrons. The van der Waals surface area contributed by atoms with E-state index in [0.29, 0.717) is 29.2 Å². The van der Waals surface area contributed by atoms with E-state index in [1.807, 2.05) is 29.8 Å². The monoisotopic (exact) mass is 365 g/mol. The van der Waals surface area contributed by atoms with Crippen LogP contribution in [0.3, 0.4) is 0 Å². The van der Waals surface area contributed by atoms with Crippen molar-refractivity contribution in [2.45, 2.75) is 19.4 Å². The quantitative estimate of drug-likeness (QED) is 0.764. The standard InChI is InChI=1S/C19H19N5O3/c1-3-13(14-10-24-8-4-7-20-19(24)22-14)21-18(26)12-5-6-16-15(9-12)23(2)17(25)11-27-16/h4-10,13H,3,11H2,1-2H3,(H,21,26)/t13-/m1/s1. The smallest absolute Gasteiger partial charge is 0.264 e. The molecule has 3 aromatic rings. The van der Waals surface area contributed by atoms with E-state index in [1.165, 1.54) is 4.90 Å². The van der Waals surface area contributed by atoms with Crippen molar-refractivity contribution in [3.8, 4) is 5.75 Å². The highest BCUT2D eigenvalue weighted by Crippen LogP contribution is 2.32. The number of likely N-dealkylation sites (N-methyl/N-ethyl adjacent to an activating group) is 1. The van der Waals surface area contributed by atoms with Crippen molar-refractivity contribution in [1.29, 1.82) is 0 Å². The van der Waals surface area contributed by atoms with E-state index in [1.54, 1.807) is 31.4 Å². The van der Waals surface area contributed by atoms with Crippen LogP contribution in [0.25, 0.3) is 5.78 Å². The molecule has 1 aliphatic heterocycles. The molecule has 0 radical (unpaired) electrons. The third-order valence-electron chi connectivity index (χ3n) is 4.63. The van der Waals surface area contributed by atoms with Gasteiger partial charge in [0.1, 0.15) is 5.75 Å². The fourth-order valence-electron chi connectivity index (χ4n) is 3.06. The van der Waals surface area contributed by atoms with E-state index in [-0.39, 0.29) is 24.5 Å². The molecular weight excluding hydrogens is 346 g/mol. The molecule has 8 nitrogen and oxygen atoms in total. The van der Waals surface area contributed by atoms with Crippen LogP contribution in [0.2, 0.25) is 0 Å². The first-order chi connectivity index (χ1) is 13.1. The first kappa shape index (κ1) is 17.0. The molecule has 4 rings (SSSR count). The van der Waals surface area contributed by atoms with E-state index in [2.05, 4.69) is 15.3 Å². The molecule has 0 saturated heterocycles. The van der Waals surface area contributed by atoms with E-state index in [4.69, 9.17) is 4.74 Å². The van der Waals surface area contributed by atoms with E-state index < -0.39 is 0 Å². The Kier molecular flexibility index (Phi) is 4.23. The number of carbonyl (C=O) groups is 2. The maximum atomic E-state index is 12.8. The predicted molar refractivity (Wildman–Crippen MR) is 98.8 cm³/mol. The second-order valence-electron chi connectivity index (χ2n) is 6.35. The van der Waals surface area contributed by atoms with Crippen molar-refractivity contribution >= 4 is 23.3 Å². The lowest BCUT2D eigenvalue weighted by Crippen LogP contribution is -2.36. The average Bonchev–Trinajstić information content (AvgIpc) is 3.12. The van der Waals surface area contributed by atoms with Gasteiger partial charge in [-0.1, -0.05) is 6.92 Å². The van der Waals surface area contributed by atoms with Gasteiger partial charge >= 0.3 is 0 Å². The Morgan fingerprint density at radius 1 is 1.41 bits per heavy atom. The minimum Gasteiger partial charge on any atom is -0.482 e. The topological polar surface area (TPSA) is 88.8 Å². The lowest BCUT2D eigenvalue weighted by Gasteiger charge is -2.26. The van der Waals surface area contributed by atoms with Crippen LogP contribution in [0.1, 0.15) is 35.4 Å². The lowest BCUT2D eigenvalue weighted by atomic mass is 10.1. The van der Waals surface area contributed by atoms with Crippen molar-refractivity contribution in [2.24, 2.45) is 0 Å². The van der Waals surface area contributed by atoms with Gasteiger partial charge in [-0.2, -0.15) is 0 Å². The van der Waals surface area contributed by atoms with Crippen LogP contribution in [0, 0.1) is 0 Å². The number of amides is 2. The summed E-state index contributed by atoms with van der Waals surface area (Å²) in [6, 6.07) is 6.65. The molecule has 0 saturated carbocycles. The number of hydrogen-bond donors (Lipinski definition) is 1. The molecule has 0 unspecified atom stereocenters. The molecule has 1 atom stereocenters. The first-order valence-corrected chi connectivity index (χ1v) is 8.70. The Balaban J connectivity index is 1.58. The fraction of sp³-hybridized carbons (Fsp3) is 0.263. The largest absolute Gasteiger partial charge is 0.482 e. The van der Waals surface area contributed by atoms with Gasteiger partial charge in [-0.3, -0.25) is 14.0 Å². The van der Waals surface area contributed by atoms with E-state index in [9.17, 15) is 9.59 Å². The Labute approximate surface area is 155 Å². The molecule has 0 bridgehead atoms. The number of rotatable bonds is 4. The molecule has 1 aliphatic rings. The van der Waals surface area contributed by atoms with Crippen LogP contribution in [0.4, 0.5) is 5.69 Å². The van der Waals surface area contributed by atoms with Crippen LogP contribution in [0.5, 0.6) is 5.75 Å². The molecule has 1 N–H and O–H groups in total. The predicted octanol–water partition coefficient (Wildman–Crippen LogP) is 1.97. The van der Waals surface area contributed by atoms with Crippen LogP contribution in [-0.4, -0.2) is 39.8 Å². The Hall–Kier alpha value is -3.42. The van der Waals surface area contributed by atoms with Gasteiger partial charge in [-0.25, -0.2) is 9.97 Å². The van der Waals surface area contributed by atoms with Gasteiger partial charge in [0, 0.05) is 31.2 Å². The summed E-state index contributed by atoms with van der Waals surface area (Å²) >= 11 is 0. The van der Waals surface area contributed by atoms with Crippen molar-refractivity contribution in [3.63, 3.8) is 0 Å². The SMILES string of the molecule is CC[C@@H](NC(=O)c1ccc2c(c1)N(C)C(=O)CO2)c1cn2cccnc2n1. The number of imidazole rings is 1. The number of ether oxygens (including phenoxy) is 1. The van der Waals surface area contributed by atoms with E-state index >= 15 is 0 Å². The molecule has 2 aromatic heterocycles. The van der Waals surface area contributed by atoms with Crippen molar-refractivity contribution in [2.75, 3.05) is 18.6 Å². The lowest BCUT2D eigenvalue weighted by molar-refractivity contribution is -0.120. The Morgan fingerprint density at radius 3 is 3.04 bits per heavy atom. The summed E-state index contributed by atoms with van der Waals surface area (Å²) in [6.07, 6.45) is 6.09. The van der Waals surface area contributed by atoms with Crippen LogP contribution in [-0.2, 0) is 4.79 Å². The molecule has 3 heterocycles. The normalized spacial score (nSPS) is 14.6. The number of anilines is 1. The van der Waals surface area contributed by atoms with Crippen LogP contribution >= 0.6 is 0 Å². The molecule has 8 heteroatoms. The number of nitrogens with zero attached hydrogens (tertiary/aromatic N) is 4. The summed E-state index contributed by atoms with van der Waals surface area (Å²) < 4.78 is 7.22. The highest BCUT2D eigenvalue weighted by molar-refractivity contribution is 6.01. The highest BCUT2D eigenvalue weighted by atomic mass is 16.5. The van der Waals surface area contributed by atoms with E-state index in [0.717, 1.165) is 5.69 Å². The average molecular weight is 365 g/mol. The number of fused-ring (bicyclic) bond motifs is 2. The van der Waals surface area contributed by atoms with Crippen molar-refractivity contribution in [1.82, 2.24) is 19.7 Å². The number of aromatic nitrogens is 3. The molecule has 0 fully saturated rings. The van der Waals surface area contributed by atoms with Gasteiger partial charge in [-0.15, -0.1) is 0 Å². The molecular formula is C19H19N5O3. The fourth-order valence-corrected chi connectivity index (χ4v) is 3.06. The van der Waals surface area contributed by atoms with Gasteiger partial charge in [-0.05, 0) is 30.7 Å². The number of nitrogens with one attached hydrogen (secondary N) is 1. The van der Waals surface area contributed by atoms with Gasteiger partial charge in [0.2, 0.25) is 5.78 Å². The minimum absolute atomic E-state index is 0.00880. The maximum Gasteiger partial charge on any atom is 0.264 e. The summed E-state index contributed by atoms with van der Waals surface area (Å²) in [5.74, 6) is 0.795.